The lowest BCUT2D eigenvalue weighted by atomic mass is 9.98. The Hall–Kier alpha value is -1.72. The number of thiazole rings is 1. The van der Waals surface area contributed by atoms with Crippen LogP contribution in [-0.4, -0.2) is 41.0 Å². The van der Waals surface area contributed by atoms with Gasteiger partial charge in [-0.1, -0.05) is 23.8 Å². The molecule has 2 aromatic rings. The molecule has 1 N–H and O–H groups in total. The van der Waals surface area contributed by atoms with Crippen molar-refractivity contribution in [2.45, 2.75) is 64.6 Å². The van der Waals surface area contributed by atoms with Crippen molar-refractivity contribution in [3.8, 4) is 10.6 Å². The molecule has 2 unspecified atom stereocenters. The molecule has 2 bridgehead atoms. The van der Waals surface area contributed by atoms with E-state index >= 15 is 0 Å². The number of aryl methyl sites for hydroxylation is 3. The van der Waals surface area contributed by atoms with E-state index in [9.17, 15) is 4.79 Å². The van der Waals surface area contributed by atoms with Crippen molar-refractivity contribution >= 4 is 17.2 Å². The molecule has 0 radical (unpaired) electrons. The summed E-state index contributed by atoms with van der Waals surface area (Å²) < 4.78 is 0. The Labute approximate surface area is 159 Å². The lowest BCUT2D eigenvalue weighted by Gasteiger charge is -2.35. The Morgan fingerprint density at radius 2 is 1.88 bits per heavy atom. The summed E-state index contributed by atoms with van der Waals surface area (Å²) in [6.07, 6.45) is 4.64. The van der Waals surface area contributed by atoms with E-state index in [-0.39, 0.29) is 5.91 Å². The summed E-state index contributed by atoms with van der Waals surface area (Å²) in [6.45, 7) is 6.16. The van der Waals surface area contributed by atoms with Gasteiger partial charge in [-0.15, -0.1) is 11.3 Å². The van der Waals surface area contributed by atoms with Crippen molar-refractivity contribution in [1.82, 2.24) is 15.2 Å². The van der Waals surface area contributed by atoms with E-state index in [2.05, 4.69) is 37.4 Å². The summed E-state index contributed by atoms with van der Waals surface area (Å²) in [4.78, 5) is 20.6. The van der Waals surface area contributed by atoms with Gasteiger partial charge in [0, 0.05) is 30.7 Å². The second kappa shape index (κ2) is 6.78. The van der Waals surface area contributed by atoms with Crippen LogP contribution in [0.1, 0.15) is 52.2 Å². The van der Waals surface area contributed by atoms with Crippen molar-refractivity contribution in [2.75, 3.05) is 7.05 Å². The molecular weight excluding hydrogens is 342 g/mol. The number of hydrogen-bond donors (Lipinski definition) is 1. The Bertz CT molecular complexity index is 832. The van der Waals surface area contributed by atoms with Crippen LogP contribution in [0.2, 0.25) is 0 Å². The van der Waals surface area contributed by atoms with E-state index < -0.39 is 0 Å². The second-order valence-corrected chi connectivity index (χ2v) is 8.93. The van der Waals surface area contributed by atoms with E-state index in [0.717, 1.165) is 34.0 Å². The first kappa shape index (κ1) is 17.7. The predicted octanol–water partition coefficient (Wildman–Crippen LogP) is 4.09. The molecule has 3 heterocycles. The van der Waals surface area contributed by atoms with E-state index in [1.807, 2.05) is 18.9 Å². The van der Waals surface area contributed by atoms with E-state index in [1.165, 1.54) is 35.3 Å². The molecule has 2 aliphatic rings. The quantitative estimate of drug-likeness (QED) is 0.886. The number of aromatic nitrogens is 1. The fourth-order valence-corrected chi connectivity index (χ4v) is 5.57. The maximum absolute atomic E-state index is 13.2. The Morgan fingerprint density at radius 3 is 2.54 bits per heavy atom. The van der Waals surface area contributed by atoms with Crippen LogP contribution in [0, 0.1) is 20.8 Å². The highest BCUT2D eigenvalue weighted by Crippen LogP contribution is 2.33. The number of amides is 1. The average molecular weight is 370 g/mol. The molecule has 4 rings (SSSR count). The van der Waals surface area contributed by atoms with Crippen LogP contribution in [-0.2, 0) is 0 Å². The number of fused-ring (bicyclic) bond motifs is 2. The summed E-state index contributed by atoms with van der Waals surface area (Å²) in [5, 5.41) is 4.60. The van der Waals surface area contributed by atoms with Crippen molar-refractivity contribution < 1.29 is 4.79 Å². The van der Waals surface area contributed by atoms with Crippen LogP contribution in [0.15, 0.2) is 18.2 Å². The monoisotopic (exact) mass is 369 g/mol. The minimum absolute atomic E-state index is 0.127. The molecule has 1 aromatic carbocycles. The molecule has 4 nitrogen and oxygen atoms in total. The van der Waals surface area contributed by atoms with Crippen molar-refractivity contribution in [3.63, 3.8) is 0 Å². The van der Waals surface area contributed by atoms with E-state index in [1.54, 1.807) is 0 Å². The molecule has 26 heavy (non-hydrogen) atoms. The van der Waals surface area contributed by atoms with Crippen molar-refractivity contribution in [3.05, 3.63) is 39.9 Å². The molecular formula is C21H27N3OS. The minimum Gasteiger partial charge on any atom is -0.338 e. The lowest BCUT2D eigenvalue weighted by molar-refractivity contribution is 0.0685. The average Bonchev–Trinajstić information content (AvgIpc) is 3.15. The molecule has 0 saturated carbocycles. The van der Waals surface area contributed by atoms with Gasteiger partial charge in [0.15, 0.2) is 0 Å². The third kappa shape index (κ3) is 3.19. The molecule has 2 atom stereocenters. The Balaban J connectivity index is 1.57. The molecule has 1 aromatic heterocycles. The highest BCUT2D eigenvalue weighted by atomic mass is 32.1. The maximum Gasteiger partial charge on any atom is 0.265 e. The zero-order chi connectivity index (χ0) is 18.4. The zero-order valence-electron chi connectivity index (χ0n) is 16.0. The number of carbonyl (C=O) groups excluding carboxylic acids is 1. The van der Waals surface area contributed by atoms with Gasteiger partial charge in [-0.2, -0.15) is 0 Å². The van der Waals surface area contributed by atoms with Crippen LogP contribution in [0.3, 0.4) is 0 Å². The van der Waals surface area contributed by atoms with Gasteiger partial charge in [0.05, 0.1) is 5.69 Å². The van der Waals surface area contributed by atoms with Gasteiger partial charge in [-0.3, -0.25) is 4.79 Å². The number of carbonyl (C=O) groups is 1. The Kier molecular flexibility index (Phi) is 4.61. The predicted molar refractivity (Wildman–Crippen MR) is 107 cm³/mol. The van der Waals surface area contributed by atoms with Gasteiger partial charge in [-0.25, -0.2) is 4.98 Å². The van der Waals surface area contributed by atoms with Gasteiger partial charge in [-0.05, 0) is 52.0 Å². The molecule has 1 amide bonds. The van der Waals surface area contributed by atoms with Gasteiger partial charge in [0.2, 0.25) is 0 Å². The topological polar surface area (TPSA) is 45.2 Å². The first-order valence-electron chi connectivity index (χ1n) is 9.50. The van der Waals surface area contributed by atoms with Crippen LogP contribution in [0.25, 0.3) is 10.6 Å². The number of benzene rings is 1. The van der Waals surface area contributed by atoms with Crippen LogP contribution in [0.4, 0.5) is 0 Å². The Morgan fingerprint density at radius 1 is 1.19 bits per heavy atom. The fourth-order valence-electron chi connectivity index (χ4n) is 4.43. The summed E-state index contributed by atoms with van der Waals surface area (Å²) in [7, 11) is 1.97. The van der Waals surface area contributed by atoms with Gasteiger partial charge in [0.1, 0.15) is 9.88 Å². The first-order valence-corrected chi connectivity index (χ1v) is 10.3. The van der Waals surface area contributed by atoms with E-state index in [0.29, 0.717) is 18.1 Å². The summed E-state index contributed by atoms with van der Waals surface area (Å²) in [5.74, 6) is 0.127. The van der Waals surface area contributed by atoms with Crippen molar-refractivity contribution in [1.29, 1.82) is 0 Å². The largest absolute Gasteiger partial charge is 0.338 e. The maximum atomic E-state index is 13.2. The smallest absolute Gasteiger partial charge is 0.265 e. The highest BCUT2D eigenvalue weighted by molar-refractivity contribution is 7.17. The highest BCUT2D eigenvalue weighted by Gasteiger charge is 2.37. The first-order chi connectivity index (χ1) is 12.4. The molecule has 138 valence electrons. The van der Waals surface area contributed by atoms with Gasteiger partial charge in [0.25, 0.3) is 5.91 Å². The molecule has 0 aliphatic carbocycles. The van der Waals surface area contributed by atoms with Crippen LogP contribution < -0.4 is 5.32 Å². The van der Waals surface area contributed by atoms with Gasteiger partial charge >= 0.3 is 0 Å². The van der Waals surface area contributed by atoms with E-state index in [4.69, 9.17) is 4.98 Å². The molecule has 0 spiro atoms. The summed E-state index contributed by atoms with van der Waals surface area (Å²) in [5.41, 5.74) is 4.43. The normalized spacial score (nSPS) is 24.7. The SMILES string of the molecule is Cc1ccc(-c2nc(C)c(C(=O)N(C)C3CC4CCC(C3)N4)s2)c(C)c1. The molecule has 5 heteroatoms. The molecule has 2 fully saturated rings. The number of rotatable bonds is 3. The van der Waals surface area contributed by atoms with Crippen LogP contribution >= 0.6 is 11.3 Å². The zero-order valence-corrected chi connectivity index (χ0v) is 16.8. The number of nitrogens with one attached hydrogen (secondary N) is 1. The number of hydrogen-bond acceptors (Lipinski definition) is 4. The minimum atomic E-state index is 0.127. The third-order valence-corrected chi connectivity index (χ3v) is 7.10. The summed E-state index contributed by atoms with van der Waals surface area (Å²) in [6, 6.07) is 7.91. The standard InChI is InChI=1S/C21H27N3OS/c1-12-5-8-18(13(2)9-12)20-22-14(3)19(26-20)21(25)24(4)17-10-15-6-7-16(11-17)23-15/h5,8-9,15-17,23H,6-7,10-11H2,1-4H3. The lowest BCUT2D eigenvalue weighted by Crippen LogP contribution is -2.48. The summed E-state index contributed by atoms with van der Waals surface area (Å²) >= 11 is 1.53. The third-order valence-electron chi connectivity index (χ3n) is 5.92. The number of piperidine rings is 1. The van der Waals surface area contributed by atoms with Crippen LogP contribution in [0.5, 0.6) is 0 Å². The molecule has 2 saturated heterocycles. The fraction of sp³-hybridized carbons (Fsp3) is 0.524. The molecule has 2 aliphatic heterocycles. The number of nitrogens with zero attached hydrogens (tertiary/aromatic N) is 2. The van der Waals surface area contributed by atoms with Gasteiger partial charge < -0.3 is 10.2 Å². The van der Waals surface area contributed by atoms with Crippen molar-refractivity contribution in [2.24, 2.45) is 0 Å². The second-order valence-electron chi connectivity index (χ2n) is 7.93.